The van der Waals surface area contributed by atoms with E-state index in [9.17, 15) is 9.59 Å². The van der Waals surface area contributed by atoms with Crippen molar-refractivity contribution < 1.29 is 24.3 Å². The van der Waals surface area contributed by atoms with Gasteiger partial charge in [0.2, 0.25) is 0 Å². The van der Waals surface area contributed by atoms with Gasteiger partial charge >= 0.3 is 6.16 Å². The van der Waals surface area contributed by atoms with E-state index >= 15 is 0 Å². The molecule has 0 aliphatic carbocycles. The molecule has 0 fully saturated rings. The molecule has 9 heteroatoms. The molecule has 1 amide bonds. The zero-order valence-electron chi connectivity index (χ0n) is 26.7. The molecule has 246 valence electrons. The highest BCUT2D eigenvalue weighted by molar-refractivity contribution is 8.76. The first-order valence-corrected chi connectivity index (χ1v) is 18.8. The number of ether oxygens (including phenoxy) is 2. The molecule has 0 atom stereocenters. The van der Waals surface area contributed by atoms with Gasteiger partial charge in [0.05, 0.1) is 0 Å². The van der Waals surface area contributed by atoms with Crippen molar-refractivity contribution in [1.29, 1.82) is 0 Å². The SMILES string of the molecule is CCCCCCCCCCCCSSCCOC(=O)OCCN(Cc1ccc(C(=O)NO)cc1)Cc1ccc2ccccc2c1. The van der Waals surface area contributed by atoms with Crippen LogP contribution in [0.25, 0.3) is 10.8 Å². The third-order valence-electron chi connectivity index (χ3n) is 7.62. The Labute approximate surface area is 277 Å². The summed E-state index contributed by atoms with van der Waals surface area (Å²) >= 11 is 0. The van der Waals surface area contributed by atoms with Gasteiger partial charge in [-0.1, -0.05) is 135 Å². The van der Waals surface area contributed by atoms with E-state index in [-0.39, 0.29) is 6.61 Å². The van der Waals surface area contributed by atoms with E-state index in [0.717, 1.165) is 22.6 Å². The molecule has 0 spiro atoms. The quantitative estimate of drug-likeness (QED) is 0.0344. The van der Waals surface area contributed by atoms with E-state index in [2.05, 4.69) is 42.2 Å². The summed E-state index contributed by atoms with van der Waals surface area (Å²) in [5.41, 5.74) is 4.19. The van der Waals surface area contributed by atoms with Crippen LogP contribution in [0.3, 0.4) is 0 Å². The molecule has 0 saturated heterocycles. The van der Waals surface area contributed by atoms with Gasteiger partial charge in [-0.15, -0.1) is 0 Å². The fraction of sp³-hybridized carbons (Fsp3) is 0.500. The Kier molecular flexibility index (Phi) is 18.6. The van der Waals surface area contributed by atoms with Crippen LogP contribution >= 0.6 is 21.6 Å². The molecule has 7 nitrogen and oxygen atoms in total. The fourth-order valence-electron chi connectivity index (χ4n) is 5.12. The first kappa shape index (κ1) is 36.7. The average Bonchev–Trinajstić information content (AvgIpc) is 3.06. The molecular formula is C36H50N2O5S2. The molecule has 0 radical (unpaired) electrons. The minimum Gasteiger partial charge on any atom is -0.433 e. The van der Waals surface area contributed by atoms with Crippen LogP contribution in [0.2, 0.25) is 0 Å². The maximum Gasteiger partial charge on any atom is 0.508 e. The lowest BCUT2D eigenvalue weighted by Crippen LogP contribution is -2.28. The summed E-state index contributed by atoms with van der Waals surface area (Å²) in [6, 6.07) is 21.7. The molecular weight excluding hydrogens is 605 g/mol. The normalized spacial score (nSPS) is 11.2. The number of nitrogens with zero attached hydrogens (tertiary/aromatic N) is 1. The number of unbranched alkanes of at least 4 members (excludes halogenated alkanes) is 9. The van der Waals surface area contributed by atoms with Gasteiger partial charge in [0, 0.05) is 36.7 Å². The Morgan fingerprint density at radius 1 is 0.711 bits per heavy atom. The lowest BCUT2D eigenvalue weighted by atomic mass is 10.1. The number of carbonyl (C=O) groups is 2. The number of hydroxylamine groups is 1. The Morgan fingerprint density at radius 2 is 1.31 bits per heavy atom. The number of rotatable bonds is 23. The average molecular weight is 655 g/mol. The molecule has 45 heavy (non-hydrogen) atoms. The number of carbonyl (C=O) groups excluding carboxylic acids is 2. The molecule has 0 unspecified atom stereocenters. The van der Waals surface area contributed by atoms with Crippen molar-refractivity contribution in [2.45, 2.75) is 84.2 Å². The highest BCUT2D eigenvalue weighted by Gasteiger charge is 2.12. The van der Waals surface area contributed by atoms with Gasteiger partial charge < -0.3 is 9.47 Å². The minimum absolute atomic E-state index is 0.206. The molecule has 0 saturated carbocycles. The number of hydrogen-bond acceptors (Lipinski definition) is 8. The van der Waals surface area contributed by atoms with E-state index in [1.165, 1.54) is 75.0 Å². The third kappa shape index (κ3) is 15.4. The number of benzene rings is 3. The van der Waals surface area contributed by atoms with Crippen molar-refractivity contribution in [2.75, 3.05) is 31.3 Å². The zero-order chi connectivity index (χ0) is 32.0. The van der Waals surface area contributed by atoms with E-state index in [4.69, 9.17) is 14.7 Å². The summed E-state index contributed by atoms with van der Waals surface area (Å²) in [6.45, 7) is 4.58. The highest BCUT2D eigenvalue weighted by Crippen LogP contribution is 2.23. The molecule has 0 heterocycles. The third-order valence-corrected chi connectivity index (χ3v) is 10.1. The monoisotopic (exact) mass is 654 g/mol. The van der Waals surface area contributed by atoms with Gasteiger partial charge in [0.15, 0.2) is 0 Å². The molecule has 0 aromatic heterocycles. The smallest absolute Gasteiger partial charge is 0.433 e. The Hall–Kier alpha value is -2.72. The van der Waals surface area contributed by atoms with Crippen LogP contribution in [0.4, 0.5) is 4.79 Å². The second kappa shape index (κ2) is 22.7. The van der Waals surface area contributed by atoms with Gasteiger partial charge in [0.25, 0.3) is 5.91 Å². The predicted octanol–water partition coefficient (Wildman–Crippen LogP) is 9.42. The van der Waals surface area contributed by atoms with Gasteiger partial charge in [-0.3, -0.25) is 14.9 Å². The highest BCUT2D eigenvalue weighted by atomic mass is 33.1. The standard InChI is InChI=1S/C36H50N2O5S2/c1-2-3-4-5-6-7-8-9-10-13-25-44-45-26-24-43-36(40)42-23-22-38(28-30-16-20-33(21-17-30)35(39)37-41)29-31-18-19-32-14-11-12-15-34(32)27-31/h11-12,14-21,27,41H,2-10,13,22-26,28-29H2,1H3,(H,37,39). The van der Waals surface area contributed by atoms with Crippen molar-refractivity contribution >= 4 is 44.4 Å². The van der Waals surface area contributed by atoms with Gasteiger partial charge in [-0.2, -0.15) is 0 Å². The van der Waals surface area contributed by atoms with E-state index in [0.29, 0.717) is 31.8 Å². The number of amides is 1. The fourth-order valence-corrected chi connectivity index (χ4v) is 7.09. The molecule has 3 aromatic rings. The summed E-state index contributed by atoms with van der Waals surface area (Å²) < 4.78 is 10.7. The summed E-state index contributed by atoms with van der Waals surface area (Å²) in [5.74, 6) is 1.33. The van der Waals surface area contributed by atoms with Gasteiger partial charge in [0.1, 0.15) is 13.2 Å². The molecule has 3 aromatic carbocycles. The largest absolute Gasteiger partial charge is 0.508 e. The summed E-state index contributed by atoms with van der Waals surface area (Å²) in [6.07, 6.45) is 12.8. The van der Waals surface area contributed by atoms with Crippen LogP contribution in [0, 0.1) is 0 Å². The minimum atomic E-state index is -0.639. The van der Waals surface area contributed by atoms with E-state index in [1.807, 2.05) is 35.1 Å². The van der Waals surface area contributed by atoms with E-state index in [1.54, 1.807) is 28.4 Å². The van der Waals surface area contributed by atoms with Crippen molar-refractivity contribution in [3.8, 4) is 0 Å². The number of nitrogens with one attached hydrogen (secondary N) is 1. The lowest BCUT2D eigenvalue weighted by Gasteiger charge is -2.23. The summed E-state index contributed by atoms with van der Waals surface area (Å²) in [7, 11) is 3.60. The Balaban J connectivity index is 1.32. The molecule has 2 N–H and O–H groups in total. The van der Waals surface area contributed by atoms with Gasteiger partial charge in [-0.25, -0.2) is 10.3 Å². The second-order valence-corrected chi connectivity index (χ2v) is 14.0. The lowest BCUT2D eigenvalue weighted by molar-refractivity contribution is 0.0506. The van der Waals surface area contributed by atoms with Crippen LogP contribution in [-0.4, -0.2) is 53.4 Å². The number of hydrogen-bond donors (Lipinski definition) is 2. The van der Waals surface area contributed by atoms with Crippen LogP contribution in [-0.2, 0) is 22.6 Å². The van der Waals surface area contributed by atoms with Gasteiger partial charge in [-0.05, 0) is 46.5 Å². The first-order valence-electron chi connectivity index (χ1n) is 16.4. The second-order valence-electron chi connectivity index (χ2n) is 11.3. The predicted molar refractivity (Wildman–Crippen MR) is 188 cm³/mol. The molecule has 0 aliphatic heterocycles. The maximum atomic E-state index is 12.2. The van der Waals surface area contributed by atoms with Crippen LogP contribution in [0.5, 0.6) is 0 Å². The van der Waals surface area contributed by atoms with Crippen molar-refractivity contribution in [2.24, 2.45) is 0 Å². The topological polar surface area (TPSA) is 88.1 Å². The zero-order valence-corrected chi connectivity index (χ0v) is 28.3. The van der Waals surface area contributed by atoms with E-state index < -0.39 is 12.1 Å². The molecule has 3 rings (SSSR count). The van der Waals surface area contributed by atoms with Crippen LogP contribution in [0.1, 0.15) is 92.6 Å². The van der Waals surface area contributed by atoms with Crippen molar-refractivity contribution in [3.05, 3.63) is 83.4 Å². The molecule has 0 bridgehead atoms. The van der Waals surface area contributed by atoms with Crippen molar-refractivity contribution in [3.63, 3.8) is 0 Å². The van der Waals surface area contributed by atoms with Crippen LogP contribution in [0.15, 0.2) is 66.7 Å². The van der Waals surface area contributed by atoms with Crippen molar-refractivity contribution in [1.82, 2.24) is 10.4 Å². The first-order chi connectivity index (χ1) is 22.1. The Morgan fingerprint density at radius 3 is 2.02 bits per heavy atom. The maximum absolute atomic E-state index is 12.2. The van der Waals surface area contributed by atoms with Crippen LogP contribution < -0.4 is 5.48 Å². The number of fused-ring (bicyclic) bond motifs is 1. The molecule has 0 aliphatic rings. The Bertz CT molecular complexity index is 1260. The summed E-state index contributed by atoms with van der Waals surface area (Å²) in [4.78, 5) is 26.1. The summed E-state index contributed by atoms with van der Waals surface area (Å²) in [5, 5.41) is 11.2.